The zero-order chi connectivity index (χ0) is 26.0. The molecule has 3 aromatic carbocycles. The molecule has 0 atom stereocenters. The van der Waals surface area contributed by atoms with Crippen LogP contribution in [0.5, 0.6) is 0 Å². The topological polar surface area (TPSA) is 25.8 Å². The van der Waals surface area contributed by atoms with Crippen LogP contribution in [0.3, 0.4) is 0 Å². The fourth-order valence-electron chi connectivity index (χ4n) is 6.55. The Labute approximate surface area is 232 Å². The van der Waals surface area contributed by atoms with Gasteiger partial charge in [0, 0.05) is 28.1 Å². The van der Waals surface area contributed by atoms with Gasteiger partial charge in [-0.15, -0.1) is 0 Å². The Bertz CT molecular complexity index is 1360. The van der Waals surface area contributed by atoms with E-state index in [4.69, 9.17) is 21.6 Å². The van der Waals surface area contributed by atoms with Crippen LogP contribution in [0, 0.1) is 0 Å². The smallest absolute Gasteiger partial charge is 0.132 e. The van der Waals surface area contributed by atoms with Gasteiger partial charge in [0.25, 0.3) is 0 Å². The summed E-state index contributed by atoms with van der Waals surface area (Å²) < 4.78 is 0. The molecule has 0 radical (unpaired) electrons. The van der Waals surface area contributed by atoms with Gasteiger partial charge in [0.15, 0.2) is 0 Å². The van der Waals surface area contributed by atoms with Crippen LogP contribution < -0.4 is 0 Å². The maximum absolute atomic E-state index is 6.35. The molecule has 0 unspecified atom stereocenters. The average molecular weight is 521 g/mol. The van der Waals surface area contributed by atoms with Crippen LogP contribution in [0.4, 0.5) is 0 Å². The van der Waals surface area contributed by atoms with Crippen LogP contribution in [0.25, 0.3) is 22.4 Å². The molecule has 2 saturated carbocycles. The van der Waals surface area contributed by atoms with Crippen molar-refractivity contribution in [1.29, 1.82) is 0 Å². The van der Waals surface area contributed by atoms with E-state index in [-0.39, 0.29) is 5.41 Å². The molecule has 194 valence electrons. The number of aromatic nitrogens is 2. The molecule has 3 heteroatoms. The largest absolute Gasteiger partial charge is 0.237 e. The van der Waals surface area contributed by atoms with Gasteiger partial charge in [0.05, 0.1) is 5.69 Å². The minimum absolute atomic E-state index is 0.177. The van der Waals surface area contributed by atoms with E-state index in [1.807, 2.05) is 6.07 Å². The molecule has 4 aromatic rings. The quantitative estimate of drug-likeness (QED) is 0.261. The second-order valence-corrected chi connectivity index (χ2v) is 12.1. The Morgan fingerprint density at radius 1 is 0.658 bits per heavy atom. The van der Waals surface area contributed by atoms with Gasteiger partial charge < -0.3 is 0 Å². The first-order chi connectivity index (χ1) is 18.6. The zero-order valence-electron chi connectivity index (χ0n) is 22.4. The lowest BCUT2D eigenvalue weighted by atomic mass is 9.67. The molecule has 0 bridgehead atoms. The molecule has 2 aliphatic carbocycles. The van der Waals surface area contributed by atoms with Crippen molar-refractivity contribution in [2.75, 3.05) is 0 Å². The Hall–Kier alpha value is -2.97. The third kappa shape index (κ3) is 5.43. The molecular weight excluding hydrogens is 484 g/mol. The number of halogens is 1. The SMILES string of the molecule is CC1(c2cccc(Cl)c2)CCC(c2cc(-c3ccc(-c4ccccc4)cc3)nc(C3CCCCC3)n2)CC1. The fraction of sp³-hybridized carbons (Fsp3) is 0.371. The van der Waals surface area contributed by atoms with Gasteiger partial charge in [-0.25, -0.2) is 9.97 Å². The summed E-state index contributed by atoms with van der Waals surface area (Å²) >= 11 is 6.35. The van der Waals surface area contributed by atoms with Crippen molar-refractivity contribution < 1.29 is 0 Å². The summed E-state index contributed by atoms with van der Waals surface area (Å²) in [5.74, 6) is 2.05. The molecule has 2 fully saturated rings. The van der Waals surface area contributed by atoms with Crippen molar-refractivity contribution in [3.63, 3.8) is 0 Å². The standard InChI is InChI=1S/C35H37ClN2/c1-35(30-13-8-14-31(36)23-30)21-19-28(20-22-35)33-24-32(37-34(38-33)29-11-6-3-7-12-29)27-17-15-26(16-18-27)25-9-4-2-5-10-25/h2,4-5,8-10,13-18,23-24,28-29H,3,6-7,11-12,19-22H2,1H3. The average Bonchev–Trinajstić information content (AvgIpc) is 2.98. The van der Waals surface area contributed by atoms with Gasteiger partial charge in [-0.2, -0.15) is 0 Å². The highest BCUT2D eigenvalue weighted by Crippen LogP contribution is 2.45. The summed E-state index contributed by atoms with van der Waals surface area (Å²) in [6, 6.07) is 30.3. The Morgan fingerprint density at radius 3 is 2.05 bits per heavy atom. The molecule has 1 heterocycles. The highest BCUT2D eigenvalue weighted by atomic mass is 35.5. The van der Waals surface area contributed by atoms with Gasteiger partial charge in [0.2, 0.25) is 0 Å². The second kappa shape index (κ2) is 11.0. The summed E-state index contributed by atoms with van der Waals surface area (Å²) in [5.41, 5.74) is 7.54. The highest BCUT2D eigenvalue weighted by molar-refractivity contribution is 6.30. The summed E-state index contributed by atoms with van der Waals surface area (Å²) in [6.07, 6.45) is 11.0. The number of benzene rings is 3. The van der Waals surface area contributed by atoms with E-state index >= 15 is 0 Å². The Kier molecular flexibility index (Phi) is 7.34. The van der Waals surface area contributed by atoms with Crippen LogP contribution in [0.2, 0.25) is 5.02 Å². The van der Waals surface area contributed by atoms with Gasteiger partial charge in [0.1, 0.15) is 5.82 Å². The van der Waals surface area contributed by atoms with Crippen molar-refractivity contribution in [3.05, 3.63) is 107 Å². The van der Waals surface area contributed by atoms with E-state index in [1.165, 1.54) is 60.1 Å². The van der Waals surface area contributed by atoms with Crippen LogP contribution in [0.15, 0.2) is 84.9 Å². The predicted molar refractivity (Wildman–Crippen MR) is 159 cm³/mol. The monoisotopic (exact) mass is 520 g/mol. The molecule has 0 saturated heterocycles. The van der Waals surface area contributed by atoms with E-state index in [0.717, 1.165) is 42.2 Å². The van der Waals surface area contributed by atoms with Gasteiger partial charge in [-0.3, -0.25) is 0 Å². The van der Waals surface area contributed by atoms with E-state index in [2.05, 4.69) is 85.8 Å². The predicted octanol–water partition coefficient (Wildman–Crippen LogP) is 10.1. The van der Waals surface area contributed by atoms with Gasteiger partial charge >= 0.3 is 0 Å². The number of nitrogens with zero attached hydrogens (tertiary/aromatic N) is 2. The molecule has 2 aliphatic rings. The second-order valence-electron chi connectivity index (χ2n) is 11.7. The third-order valence-electron chi connectivity index (χ3n) is 9.05. The highest BCUT2D eigenvalue weighted by Gasteiger charge is 2.34. The van der Waals surface area contributed by atoms with Crippen LogP contribution in [-0.4, -0.2) is 9.97 Å². The Morgan fingerprint density at radius 2 is 1.34 bits per heavy atom. The van der Waals surface area contributed by atoms with Crippen LogP contribution in [-0.2, 0) is 5.41 Å². The minimum atomic E-state index is 0.177. The van der Waals surface area contributed by atoms with E-state index in [0.29, 0.717) is 11.8 Å². The van der Waals surface area contributed by atoms with Crippen LogP contribution in [0.1, 0.15) is 93.6 Å². The first-order valence-electron chi connectivity index (χ1n) is 14.4. The van der Waals surface area contributed by atoms with Crippen molar-refractivity contribution in [2.24, 2.45) is 0 Å². The summed E-state index contributed by atoms with van der Waals surface area (Å²) in [6.45, 7) is 2.40. The zero-order valence-corrected chi connectivity index (χ0v) is 23.1. The van der Waals surface area contributed by atoms with Crippen molar-refractivity contribution >= 4 is 11.6 Å². The first kappa shape index (κ1) is 25.3. The molecule has 38 heavy (non-hydrogen) atoms. The lowest BCUT2D eigenvalue weighted by Crippen LogP contribution is -2.28. The minimum Gasteiger partial charge on any atom is -0.237 e. The molecule has 0 aliphatic heterocycles. The summed E-state index contributed by atoms with van der Waals surface area (Å²) in [4.78, 5) is 10.5. The lowest BCUT2D eigenvalue weighted by Gasteiger charge is -2.38. The maximum atomic E-state index is 6.35. The van der Waals surface area contributed by atoms with Gasteiger partial charge in [-0.1, -0.05) is 105 Å². The molecule has 0 N–H and O–H groups in total. The fourth-order valence-corrected chi connectivity index (χ4v) is 6.74. The lowest BCUT2D eigenvalue weighted by molar-refractivity contribution is 0.288. The summed E-state index contributed by atoms with van der Waals surface area (Å²) in [5, 5.41) is 0.835. The third-order valence-corrected chi connectivity index (χ3v) is 9.29. The number of hydrogen-bond acceptors (Lipinski definition) is 2. The van der Waals surface area contributed by atoms with E-state index in [9.17, 15) is 0 Å². The van der Waals surface area contributed by atoms with E-state index in [1.54, 1.807) is 0 Å². The molecule has 6 rings (SSSR count). The Balaban J connectivity index is 1.29. The molecule has 1 aromatic heterocycles. The molecule has 0 spiro atoms. The van der Waals surface area contributed by atoms with Gasteiger partial charge in [-0.05, 0) is 78.8 Å². The molecule has 2 nitrogen and oxygen atoms in total. The normalized spacial score (nSPS) is 22.3. The van der Waals surface area contributed by atoms with E-state index < -0.39 is 0 Å². The number of hydrogen-bond donors (Lipinski definition) is 0. The number of rotatable bonds is 5. The maximum Gasteiger partial charge on any atom is 0.132 e. The van der Waals surface area contributed by atoms with Crippen molar-refractivity contribution in [3.8, 4) is 22.4 Å². The summed E-state index contributed by atoms with van der Waals surface area (Å²) in [7, 11) is 0. The van der Waals surface area contributed by atoms with Crippen molar-refractivity contribution in [1.82, 2.24) is 9.97 Å². The van der Waals surface area contributed by atoms with Crippen LogP contribution >= 0.6 is 11.6 Å². The molecular formula is C35H37ClN2. The first-order valence-corrected chi connectivity index (χ1v) is 14.8. The molecule has 0 amide bonds. The van der Waals surface area contributed by atoms with Crippen molar-refractivity contribution in [2.45, 2.75) is 82.0 Å².